The van der Waals surface area contributed by atoms with Crippen LogP contribution in [-0.4, -0.2) is 29.7 Å². The molecule has 0 aliphatic carbocycles. The van der Waals surface area contributed by atoms with E-state index in [9.17, 15) is 0 Å². The third kappa shape index (κ3) is 3.50. The van der Waals surface area contributed by atoms with Crippen molar-refractivity contribution < 1.29 is 4.74 Å². The number of hydrogen-bond donors (Lipinski definition) is 1. The lowest BCUT2D eigenvalue weighted by atomic mass is 10.1. The van der Waals surface area contributed by atoms with Crippen molar-refractivity contribution in [1.29, 1.82) is 0 Å². The minimum atomic E-state index is 0.144. The highest BCUT2D eigenvalue weighted by Crippen LogP contribution is 2.37. The van der Waals surface area contributed by atoms with Crippen LogP contribution >= 0.6 is 11.8 Å². The van der Waals surface area contributed by atoms with Gasteiger partial charge in [-0.3, -0.25) is 0 Å². The van der Waals surface area contributed by atoms with Gasteiger partial charge in [0.2, 0.25) is 0 Å². The molecule has 1 aromatic carbocycles. The van der Waals surface area contributed by atoms with Crippen molar-refractivity contribution >= 4 is 23.1 Å². The maximum Gasteiger partial charge on any atom is 0.144 e. The molecule has 19 heavy (non-hydrogen) atoms. The zero-order chi connectivity index (χ0) is 14.0. The van der Waals surface area contributed by atoms with Crippen molar-refractivity contribution in [2.24, 2.45) is 0 Å². The Balaban J connectivity index is 2.24. The summed E-state index contributed by atoms with van der Waals surface area (Å²) in [5, 5.41) is 0. The second-order valence-corrected chi connectivity index (χ2v) is 7.69. The van der Waals surface area contributed by atoms with Gasteiger partial charge >= 0.3 is 0 Å². The topological polar surface area (TPSA) is 38.5 Å². The van der Waals surface area contributed by atoms with Crippen LogP contribution < -0.4 is 15.4 Å². The van der Waals surface area contributed by atoms with Crippen molar-refractivity contribution in [3.8, 4) is 5.75 Å². The van der Waals surface area contributed by atoms with Crippen LogP contribution in [0.3, 0.4) is 0 Å². The fourth-order valence-electron chi connectivity index (χ4n) is 2.39. The van der Waals surface area contributed by atoms with Crippen LogP contribution in [0, 0.1) is 0 Å². The summed E-state index contributed by atoms with van der Waals surface area (Å²) in [5.41, 5.74) is 8.14. The van der Waals surface area contributed by atoms with E-state index >= 15 is 0 Å². The highest BCUT2D eigenvalue weighted by Gasteiger charge is 2.28. The summed E-state index contributed by atoms with van der Waals surface area (Å²) in [6.07, 6.45) is 0.144. The average Bonchev–Trinajstić information content (AvgIpc) is 2.30. The van der Waals surface area contributed by atoms with E-state index in [0.29, 0.717) is 0 Å². The van der Waals surface area contributed by atoms with Crippen LogP contribution in [0.15, 0.2) is 18.2 Å². The van der Waals surface area contributed by atoms with Gasteiger partial charge in [0.1, 0.15) is 5.75 Å². The lowest BCUT2D eigenvalue weighted by molar-refractivity contribution is 0.244. The maximum atomic E-state index is 6.28. The summed E-state index contributed by atoms with van der Waals surface area (Å²) in [6.45, 7) is 10.7. The summed E-state index contributed by atoms with van der Waals surface area (Å²) in [6, 6.07) is 6.06. The van der Waals surface area contributed by atoms with E-state index in [-0.39, 0.29) is 10.9 Å². The van der Waals surface area contributed by atoms with Crippen LogP contribution in [0.4, 0.5) is 11.4 Å². The van der Waals surface area contributed by atoms with Crippen molar-refractivity contribution in [1.82, 2.24) is 0 Å². The van der Waals surface area contributed by atoms with Gasteiger partial charge < -0.3 is 15.4 Å². The Hall–Kier alpha value is -1.03. The van der Waals surface area contributed by atoms with Crippen molar-refractivity contribution in [3.63, 3.8) is 0 Å². The Morgan fingerprint density at radius 3 is 2.74 bits per heavy atom. The highest BCUT2D eigenvalue weighted by molar-refractivity contribution is 8.00. The number of nitrogen functional groups attached to an aromatic ring is 1. The quantitative estimate of drug-likeness (QED) is 0.861. The van der Waals surface area contributed by atoms with Gasteiger partial charge in [0.05, 0.1) is 17.5 Å². The molecule has 1 saturated heterocycles. The normalized spacial score (nSPS) is 18.7. The number of nitrogens with zero attached hydrogens (tertiary/aromatic N) is 1. The molecule has 0 unspecified atom stereocenters. The largest absolute Gasteiger partial charge is 0.489 e. The molecule has 1 aromatic rings. The molecule has 1 aliphatic heterocycles. The Kier molecular flexibility index (Phi) is 4.19. The molecule has 0 atom stereocenters. The van der Waals surface area contributed by atoms with Crippen LogP contribution in [0.2, 0.25) is 0 Å². The Morgan fingerprint density at radius 2 is 2.11 bits per heavy atom. The van der Waals surface area contributed by atoms with Gasteiger partial charge in [-0.2, -0.15) is 11.8 Å². The third-order valence-electron chi connectivity index (χ3n) is 3.17. The van der Waals surface area contributed by atoms with E-state index in [1.165, 1.54) is 0 Å². The predicted octanol–water partition coefficient (Wildman–Crippen LogP) is 3.39. The number of para-hydroxylation sites is 1. The van der Waals surface area contributed by atoms with E-state index in [4.69, 9.17) is 10.5 Å². The first kappa shape index (κ1) is 14.4. The second kappa shape index (κ2) is 5.53. The first-order chi connectivity index (χ1) is 8.89. The first-order valence-corrected chi connectivity index (χ1v) is 7.82. The molecular formula is C15H24N2OS. The summed E-state index contributed by atoms with van der Waals surface area (Å²) in [4.78, 5) is 2.37. The monoisotopic (exact) mass is 280 g/mol. The lowest BCUT2D eigenvalue weighted by Gasteiger charge is -2.39. The first-order valence-electron chi connectivity index (χ1n) is 6.83. The van der Waals surface area contributed by atoms with Crippen LogP contribution in [0.5, 0.6) is 5.75 Å². The van der Waals surface area contributed by atoms with Gasteiger partial charge in [-0.05, 0) is 39.8 Å². The summed E-state index contributed by atoms with van der Waals surface area (Å²) < 4.78 is 6.05. The molecule has 2 rings (SSSR count). The molecule has 0 aromatic heterocycles. The molecule has 106 valence electrons. The minimum absolute atomic E-state index is 0.144. The van der Waals surface area contributed by atoms with E-state index in [1.54, 1.807) is 0 Å². The van der Waals surface area contributed by atoms with Crippen molar-refractivity contribution in [3.05, 3.63) is 18.2 Å². The molecule has 1 aliphatic rings. The molecular weight excluding hydrogens is 256 g/mol. The zero-order valence-corrected chi connectivity index (χ0v) is 13.1. The molecule has 1 heterocycles. The molecule has 0 saturated carbocycles. The number of nitrogens with two attached hydrogens (primary N) is 1. The third-order valence-corrected chi connectivity index (χ3v) is 4.47. The van der Waals surface area contributed by atoms with Crippen LogP contribution in [0.25, 0.3) is 0 Å². The molecule has 0 amide bonds. The van der Waals surface area contributed by atoms with Gasteiger partial charge in [-0.25, -0.2) is 0 Å². The Bertz CT molecular complexity index is 446. The SMILES string of the molecule is CC(C)Oc1cccc(N2CCSC(C)(C)C2)c1N. The number of benzene rings is 1. The van der Waals surface area contributed by atoms with Crippen LogP contribution in [0.1, 0.15) is 27.7 Å². The van der Waals surface area contributed by atoms with E-state index < -0.39 is 0 Å². The second-order valence-electron chi connectivity index (χ2n) is 5.89. The number of rotatable bonds is 3. The number of ether oxygens (including phenoxy) is 1. The van der Waals surface area contributed by atoms with E-state index in [2.05, 4.69) is 24.8 Å². The Labute approximate surface area is 120 Å². The molecule has 0 radical (unpaired) electrons. The van der Waals surface area contributed by atoms with Gasteiger partial charge in [0, 0.05) is 23.6 Å². The molecule has 2 N–H and O–H groups in total. The molecule has 0 bridgehead atoms. The maximum absolute atomic E-state index is 6.28. The van der Waals surface area contributed by atoms with E-state index in [1.807, 2.05) is 37.7 Å². The van der Waals surface area contributed by atoms with Gasteiger partial charge in [-0.1, -0.05) is 6.07 Å². The van der Waals surface area contributed by atoms with Gasteiger partial charge in [0.15, 0.2) is 0 Å². The summed E-state index contributed by atoms with van der Waals surface area (Å²) in [5.74, 6) is 1.94. The smallest absolute Gasteiger partial charge is 0.144 e. The number of hydrogen-bond acceptors (Lipinski definition) is 4. The fourth-order valence-corrected chi connectivity index (χ4v) is 3.50. The van der Waals surface area contributed by atoms with Gasteiger partial charge in [-0.15, -0.1) is 0 Å². The highest BCUT2D eigenvalue weighted by atomic mass is 32.2. The number of anilines is 2. The molecule has 1 fully saturated rings. The lowest BCUT2D eigenvalue weighted by Crippen LogP contribution is -2.43. The van der Waals surface area contributed by atoms with Crippen LogP contribution in [-0.2, 0) is 0 Å². The zero-order valence-electron chi connectivity index (χ0n) is 12.3. The van der Waals surface area contributed by atoms with Crippen molar-refractivity contribution in [2.45, 2.75) is 38.5 Å². The van der Waals surface area contributed by atoms with E-state index in [0.717, 1.165) is 36.0 Å². The van der Waals surface area contributed by atoms with Crippen molar-refractivity contribution in [2.75, 3.05) is 29.5 Å². The molecule has 4 heteroatoms. The summed E-state index contributed by atoms with van der Waals surface area (Å²) >= 11 is 2.03. The Morgan fingerprint density at radius 1 is 1.37 bits per heavy atom. The predicted molar refractivity (Wildman–Crippen MR) is 85.4 cm³/mol. The summed E-state index contributed by atoms with van der Waals surface area (Å²) in [7, 11) is 0. The fraction of sp³-hybridized carbons (Fsp3) is 0.600. The standard InChI is InChI=1S/C15H24N2OS/c1-11(2)18-13-7-5-6-12(14(13)16)17-8-9-19-15(3,4)10-17/h5-7,11H,8-10,16H2,1-4H3. The molecule has 0 spiro atoms. The average molecular weight is 280 g/mol. The van der Waals surface area contributed by atoms with Gasteiger partial charge in [0.25, 0.3) is 0 Å². The minimum Gasteiger partial charge on any atom is -0.489 e. The molecule has 3 nitrogen and oxygen atoms in total. The number of thioether (sulfide) groups is 1.